The van der Waals surface area contributed by atoms with Gasteiger partial charge in [-0.2, -0.15) is 0 Å². The number of pyridine rings is 1. The van der Waals surface area contributed by atoms with Gasteiger partial charge in [0, 0.05) is 18.8 Å². The van der Waals surface area contributed by atoms with Gasteiger partial charge in [0.15, 0.2) is 0 Å². The summed E-state index contributed by atoms with van der Waals surface area (Å²) in [6.07, 6.45) is 1.14. The van der Waals surface area contributed by atoms with Crippen molar-refractivity contribution >= 4 is 21.6 Å². The Morgan fingerprint density at radius 1 is 1.40 bits per heavy atom. The van der Waals surface area contributed by atoms with Crippen LogP contribution >= 0.6 is 11.6 Å². The van der Waals surface area contributed by atoms with E-state index in [1.807, 2.05) is 13.8 Å². The predicted molar refractivity (Wildman–Crippen MR) is 79.6 cm³/mol. The van der Waals surface area contributed by atoms with E-state index in [9.17, 15) is 13.2 Å². The van der Waals surface area contributed by atoms with Gasteiger partial charge < -0.3 is 9.88 Å². The minimum atomic E-state index is -3.69. The highest BCUT2D eigenvalue weighted by atomic mass is 35.5. The monoisotopic (exact) mass is 321 g/mol. The number of rotatable bonds is 7. The largest absolute Gasteiger partial charge is 0.326 e. The summed E-state index contributed by atoms with van der Waals surface area (Å²) in [6.45, 7) is 8.16. The Balaban J connectivity index is 2.84. The molecule has 1 unspecified atom stereocenters. The lowest BCUT2D eigenvalue weighted by Gasteiger charge is -2.23. The fourth-order valence-corrected chi connectivity index (χ4v) is 3.30. The fourth-order valence-electron chi connectivity index (χ4n) is 1.83. The summed E-state index contributed by atoms with van der Waals surface area (Å²) in [5.74, 6) is 0. The van der Waals surface area contributed by atoms with Gasteiger partial charge in [-0.3, -0.25) is 4.79 Å². The molecule has 114 valence electrons. The van der Waals surface area contributed by atoms with Crippen molar-refractivity contribution in [2.24, 2.45) is 0 Å². The minimum absolute atomic E-state index is 0.0477. The first kappa shape index (κ1) is 17.2. The molecule has 1 rings (SSSR count). The van der Waals surface area contributed by atoms with E-state index in [-0.39, 0.29) is 16.0 Å². The SMILES string of the molecule is CCN(CC)CC(C)NS(=O)(=O)c1c[nH]c(=O)c(Cl)c1. The normalized spacial score (nSPS) is 13.7. The zero-order chi connectivity index (χ0) is 15.3. The van der Waals surface area contributed by atoms with E-state index >= 15 is 0 Å². The van der Waals surface area contributed by atoms with Gasteiger partial charge in [-0.25, -0.2) is 13.1 Å². The van der Waals surface area contributed by atoms with Crippen molar-refractivity contribution in [3.05, 3.63) is 27.6 Å². The smallest absolute Gasteiger partial charge is 0.266 e. The molecule has 0 amide bonds. The third-order valence-corrected chi connectivity index (χ3v) is 4.77. The molecule has 6 nitrogen and oxygen atoms in total. The molecule has 1 heterocycles. The van der Waals surface area contributed by atoms with Crippen LogP contribution in [0.1, 0.15) is 20.8 Å². The van der Waals surface area contributed by atoms with Gasteiger partial charge in [-0.15, -0.1) is 0 Å². The molecule has 1 aromatic heterocycles. The summed E-state index contributed by atoms with van der Waals surface area (Å²) in [4.78, 5) is 15.5. The summed E-state index contributed by atoms with van der Waals surface area (Å²) < 4.78 is 26.9. The second kappa shape index (κ2) is 7.21. The Bertz CT molecular complexity index is 596. The number of nitrogens with zero attached hydrogens (tertiary/aromatic N) is 1. The standard InChI is InChI=1S/C12H20ClN3O3S/c1-4-16(5-2)8-9(3)15-20(18,19)10-6-11(13)12(17)14-7-10/h6-7,9,15H,4-5,8H2,1-3H3,(H,14,17). The van der Waals surface area contributed by atoms with Gasteiger partial charge in [0.25, 0.3) is 5.56 Å². The van der Waals surface area contributed by atoms with Gasteiger partial charge in [0.05, 0.1) is 4.90 Å². The molecule has 20 heavy (non-hydrogen) atoms. The molecular formula is C12H20ClN3O3S. The molecule has 0 saturated heterocycles. The lowest BCUT2D eigenvalue weighted by Crippen LogP contribution is -2.42. The maximum Gasteiger partial charge on any atom is 0.266 e. The quantitative estimate of drug-likeness (QED) is 0.786. The van der Waals surface area contributed by atoms with E-state index in [1.165, 1.54) is 0 Å². The van der Waals surface area contributed by atoms with Crippen molar-refractivity contribution in [1.29, 1.82) is 0 Å². The molecule has 1 aromatic rings. The number of aromatic nitrogens is 1. The number of hydrogen-bond donors (Lipinski definition) is 2. The van der Waals surface area contributed by atoms with Crippen LogP contribution in [0.15, 0.2) is 22.0 Å². The number of nitrogens with one attached hydrogen (secondary N) is 2. The number of aromatic amines is 1. The first-order valence-corrected chi connectivity index (χ1v) is 8.29. The molecule has 8 heteroatoms. The number of H-pyrrole nitrogens is 1. The molecule has 0 aromatic carbocycles. The first-order chi connectivity index (χ1) is 9.30. The maximum absolute atomic E-state index is 12.2. The highest BCUT2D eigenvalue weighted by Gasteiger charge is 2.19. The summed E-state index contributed by atoms with van der Waals surface area (Å²) in [5, 5.41) is -0.149. The van der Waals surface area contributed by atoms with Crippen LogP contribution in [-0.4, -0.2) is 44.0 Å². The summed E-state index contributed by atoms with van der Waals surface area (Å²) in [6, 6.07) is 0.901. The Kier molecular flexibility index (Phi) is 6.19. The predicted octanol–water partition coefficient (Wildman–Crippen LogP) is 1.04. The van der Waals surface area contributed by atoms with Crippen LogP contribution in [0.3, 0.4) is 0 Å². The summed E-state index contributed by atoms with van der Waals surface area (Å²) in [5.41, 5.74) is -0.512. The number of hydrogen-bond acceptors (Lipinski definition) is 4. The molecule has 0 aliphatic rings. The van der Waals surface area contributed by atoms with E-state index < -0.39 is 15.6 Å². The molecule has 0 aliphatic heterocycles. The molecule has 2 N–H and O–H groups in total. The zero-order valence-electron chi connectivity index (χ0n) is 11.8. The maximum atomic E-state index is 12.2. The van der Waals surface area contributed by atoms with Crippen molar-refractivity contribution < 1.29 is 8.42 Å². The molecular weight excluding hydrogens is 302 g/mol. The van der Waals surface area contributed by atoms with E-state index in [4.69, 9.17) is 11.6 Å². The van der Waals surface area contributed by atoms with Crippen LogP contribution in [0, 0.1) is 0 Å². The van der Waals surface area contributed by atoms with E-state index in [2.05, 4.69) is 14.6 Å². The third kappa shape index (κ3) is 4.59. The lowest BCUT2D eigenvalue weighted by atomic mass is 10.3. The average molecular weight is 322 g/mol. The molecule has 0 saturated carbocycles. The Morgan fingerprint density at radius 2 is 2.00 bits per heavy atom. The van der Waals surface area contributed by atoms with E-state index in [0.717, 1.165) is 25.4 Å². The van der Waals surface area contributed by atoms with Crippen LogP contribution in [0.5, 0.6) is 0 Å². The summed E-state index contributed by atoms with van der Waals surface area (Å²) in [7, 11) is -3.69. The second-order valence-electron chi connectivity index (χ2n) is 4.52. The fraction of sp³-hybridized carbons (Fsp3) is 0.583. The highest BCUT2D eigenvalue weighted by molar-refractivity contribution is 7.89. The van der Waals surface area contributed by atoms with Crippen molar-refractivity contribution in [3.63, 3.8) is 0 Å². The van der Waals surface area contributed by atoms with E-state index in [1.54, 1.807) is 6.92 Å². The van der Waals surface area contributed by atoms with Crippen molar-refractivity contribution in [2.75, 3.05) is 19.6 Å². The van der Waals surface area contributed by atoms with Crippen molar-refractivity contribution in [1.82, 2.24) is 14.6 Å². The third-order valence-electron chi connectivity index (χ3n) is 2.92. The molecule has 1 atom stereocenters. The van der Waals surface area contributed by atoms with Gasteiger partial charge in [0.1, 0.15) is 5.02 Å². The highest BCUT2D eigenvalue weighted by Crippen LogP contribution is 2.11. The van der Waals surface area contributed by atoms with Gasteiger partial charge in [0.2, 0.25) is 10.0 Å². The molecule has 0 radical (unpaired) electrons. The average Bonchev–Trinajstić information content (AvgIpc) is 2.38. The van der Waals surface area contributed by atoms with Crippen molar-refractivity contribution in [2.45, 2.75) is 31.7 Å². The summed E-state index contributed by atoms with van der Waals surface area (Å²) >= 11 is 5.64. The Labute approximate surface area is 124 Å². The van der Waals surface area contributed by atoms with Crippen LogP contribution < -0.4 is 10.3 Å². The molecule has 0 spiro atoms. The molecule has 0 fully saturated rings. The Morgan fingerprint density at radius 3 is 2.50 bits per heavy atom. The zero-order valence-corrected chi connectivity index (χ0v) is 13.4. The number of sulfonamides is 1. The second-order valence-corrected chi connectivity index (χ2v) is 6.64. The number of halogens is 1. The first-order valence-electron chi connectivity index (χ1n) is 6.43. The van der Waals surface area contributed by atoms with Crippen LogP contribution in [0.2, 0.25) is 5.02 Å². The topological polar surface area (TPSA) is 82.3 Å². The van der Waals surface area contributed by atoms with Gasteiger partial charge in [-0.1, -0.05) is 25.4 Å². The lowest BCUT2D eigenvalue weighted by molar-refractivity contribution is 0.282. The van der Waals surface area contributed by atoms with Crippen molar-refractivity contribution in [3.8, 4) is 0 Å². The molecule has 0 aliphatic carbocycles. The van der Waals surface area contributed by atoms with E-state index in [0.29, 0.717) is 6.54 Å². The Hall–Kier alpha value is -0.890. The number of likely N-dealkylation sites (N-methyl/N-ethyl adjacent to an activating group) is 1. The van der Waals surface area contributed by atoms with Crippen LogP contribution in [-0.2, 0) is 10.0 Å². The van der Waals surface area contributed by atoms with Crippen LogP contribution in [0.4, 0.5) is 0 Å². The van der Waals surface area contributed by atoms with Gasteiger partial charge in [-0.05, 0) is 26.1 Å². The van der Waals surface area contributed by atoms with Gasteiger partial charge >= 0.3 is 0 Å². The molecule has 0 bridgehead atoms. The van der Waals surface area contributed by atoms with Crippen LogP contribution in [0.25, 0.3) is 0 Å². The minimum Gasteiger partial charge on any atom is -0.326 e.